The van der Waals surface area contributed by atoms with Crippen molar-refractivity contribution < 1.29 is 23.1 Å². The van der Waals surface area contributed by atoms with Crippen molar-refractivity contribution in [2.45, 2.75) is 25.4 Å². The number of benzene rings is 2. The third kappa shape index (κ3) is 3.15. The molecule has 1 heterocycles. The summed E-state index contributed by atoms with van der Waals surface area (Å²) < 4.78 is 40.1. The summed E-state index contributed by atoms with van der Waals surface area (Å²) in [7, 11) is 0. The number of aromatic carboxylic acids is 1. The Morgan fingerprint density at radius 3 is 2.50 bits per heavy atom. The average molecular weight is 383 g/mol. The molecule has 0 spiro atoms. The second-order valence-corrected chi connectivity index (χ2v) is 6.74. The summed E-state index contributed by atoms with van der Waals surface area (Å²) in [6.07, 6.45) is -1.23. The lowest BCUT2D eigenvalue weighted by molar-refractivity contribution is -0.137. The molecule has 0 fully saturated rings. The maximum Gasteiger partial charge on any atom is 0.416 e. The van der Waals surface area contributed by atoms with E-state index in [0.29, 0.717) is 47.0 Å². The predicted molar refractivity (Wildman–Crippen MR) is 101 cm³/mol. The van der Waals surface area contributed by atoms with Gasteiger partial charge in [-0.3, -0.25) is 0 Å². The number of allylic oxidation sites excluding steroid dienone is 1. The lowest BCUT2D eigenvalue weighted by Gasteiger charge is -2.22. The van der Waals surface area contributed by atoms with Gasteiger partial charge in [0.05, 0.1) is 22.3 Å². The van der Waals surface area contributed by atoms with E-state index in [2.05, 4.69) is 4.98 Å². The zero-order chi connectivity index (χ0) is 19.9. The highest BCUT2D eigenvalue weighted by Crippen LogP contribution is 2.38. The van der Waals surface area contributed by atoms with E-state index in [1.54, 1.807) is 30.3 Å². The SMILES string of the molecule is O=C(O)c1c2c(nc3ccccc13)/C(=C\c1ccccc1C(F)(F)F)CCC2. The maximum absolute atomic E-state index is 13.4. The highest BCUT2D eigenvalue weighted by Gasteiger charge is 2.33. The minimum Gasteiger partial charge on any atom is -0.478 e. The van der Waals surface area contributed by atoms with Gasteiger partial charge in [-0.05, 0) is 54.2 Å². The molecule has 6 heteroatoms. The number of pyridine rings is 1. The maximum atomic E-state index is 13.4. The van der Waals surface area contributed by atoms with E-state index in [-0.39, 0.29) is 11.1 Å². The van der Waals surface area contributed by atoms with Crippen molar-refractivity contribution in [3.05, 3.63) is 76.5 Å². The molecule has 0 saturated carbocycles. The van der Waals surface area contributed by atoms with Gasteiger partial charge in [0.1, 0.15) is 0 Å². The van der Waals surface area contributed by atoms with Crippen molar-refractivity contribution in [2.24, 2.45) is 0 Å². The standard InChI is InChI=1S/C22H16F3NO2/c23-22(24,25)17-10-3-1-6-13(17)12-14-7-5-9-16-19(21(27)28)15-8-2-4-11-18(15)26-20(14)16/h1-4,6,8,10-12H,5,7,9H2,(H,27,28)/b14-12-. The molecule has 1 N–H and O–H groups in total. The van der Waals surface area contributed by atoms with Crippen molar-refractivity contribution in [1.29, 1.82) is 0 Å². The van der Waals surface area contributed by atoms with Crippen LogP contribution in [0.15, 0.2) is 48.5 Å². The first kappa shape index (κ1) is 18.2. The first-order chi connectivity index (χ1) is 13.4. The van der Waals surface area contributed by atoms with Gasteiger partial charge in [-0.2, -0.15) is 13.2 Å². The number of carbonyl (C=O) groups is 1. The molecule has 4 rings (SSSR count). The van der Waals surface area contributed by atoms with Crippen LogP contribution in [0.4, 0.5) is 13.2 Å². The fraction of sp³-hybridized carbons (Fsp3) is 0.182. The van der Waals surface area contributed by atoms with Crippen LogP contribution in [-0.2, 0) is 12.6 Å². The monoisotopic (exact) mass is 383 g/mol. The van der Waals surface area contributed by atoms with Crippen LogP contribution in [0.3, 0.4) is 0 Å². The van der Waals surface area contributed by atoms with Crippen LogP contribution in [0, 0.1) is 0 Å². The molecule has 1 aliphatic rings. The van der Waals surface area contributed by atoms with E-state index >= 15 is 0 Å². The number of rotatable bonds is 2. The Kier molecular flexibility index (Phi) is 4.41. The summed E-state index contributed by atoms with van der Waals surface area (Å²) in [6, 6.07) is 12.3. The highest BCUT2D eigenvalue weighted by molar-refractivity contribution is 6.05. The predicted octanol–water partition coefficient (Wildman–Crippen LogP) is 5.83. The van der Waals surface area contributed by atoms with Crippen molar-refractivity contribution >= 4 is 28.5 Å². The van der Waals surface area contributed by atoms with Gasteiger partial charge in [0.25, 0.3) is 0 Å². The number of halogens is 3. The minimum atomic E-state index is -4.46. The number of hydrogen-bond donors (Lipinski definition) is 1. The zero-order valence-electron chi connectivity index (χ0n) is 14.8. The summed E-state index contributed by atoms with van der Waals surface area (Å²) in [5.74, 6) is -1.05. The molecule has 0 aliphatic heterocycles. The van der Waals surface area contributed by atoms with Crippen LogP contribution in [0.25, 0.3) is 22.6 Å². The Labute approximate surface area is 159 Å². The number of para-hydroxylation sites is 1. The number of aromatic nitrogens is 1. The molecule has 0 saturated heterocycles. The Hall–Kier alpha value is -3.15. The van der Waals surface area contributed by atoms with Crippen LogP contribution < -0.4 is 0 Å². The fourth-order valence-electron chi connectivity index (χ4n) is 3.79. The van der Waals surface area contributed by atoms with Crippen LogP contribution in [0.2, 0.25) is 0 Å². The number of carboxylic acids is 1. The van der Waals surface area contributed by atoms with Crippen molar-refractivity contribution in [2.75, 3.05) is 0 Å². The molecule has 28 heavy (non-hydrogen) atoms. The molecule has 0 atom stereocenters. The smallest absolute Gasteiger partial charge is 0.416 e. The van der Waals surface area contributed by atoms with Gasteiger partial charge >= 0.3 is 12.1 Å². The third-order valence-corrected chi connectivity index (χ3v) is 4.98. The van der Waals surface area contributed by atoms with Gasteiger partial charge in [-0.25, -0.2) is 9.78 Å². The van der Waals surface area contributed by atoms with E-state index in [1.165, 1.54) is 18.2 Å². The molecule has 3 nitrogen and oxygen atoms in total. The van der Waals surface area contributed by atoms with Gasteiger partial charge in [-0.1, -0.05) is 36.4 Å². The number of carboxylic acid groups (broad SMARTS) is 1. The van der Waals surface area contributed by atoms with E-state index in [9.17, 15) is 23.1 Å². The Bertz CT molecular complexity index is 1120. The Balaban J connectivity index is 1.96. The van der Waals surface area contributed by atoms with Crippen molar-refractivity contribution in [1.82, 2.24) is 4.98 Å². The molecule has 0 bridgehead atoms. The second-order valence-electron chi connectivity index (χ2n) is 6.74. The normalized spacial score (nSPS) is 15.6. The van der Waals surface area contributed by atoms with E-state index in [0.717, 1.165) is 6.07 Å². The van der Waals surface area contributed by atoms with Crippen LogP contribution >= 0.6 is 0 Å². The lowest BCUT2D eigenvalue weighted by atomic mass is 9.85. The Morgan fingerprint density at radius 2 is 1.75 bits per heavy atom. The topological polar surface area (TPSA) is 50.2 Å². The number of nitrogens with zero attached hydrogens (tertiary/aromatic N) is 1. The molecular formula is C22H16F3NO2. The highest BCUT2D eigenvalue weighted by atomic mass is 19.4. The summed E-state index contributed by atoms with van der Waals surface area (Å²) in [4.78, 5) is 16.6. The summed E-state index contributed by atoms with van der Waals surface area (Å²) >= 11 is 0. The number of hydrogen-bond acceptors (Lipinski definition) is 2. The van der Waals surface area contributed by atoms with E-state index in [4.69, 9.17) is 0 Å². The van der Waals surface area contributed by atoms with Gasteiger partial charge in [0.2, 0.25) is 0 Å². The molecular weight excluding hydrogens is 367 g/mol. The molecule has 3 aromatic rings. The first-order valence-corrected chi connectivity index (χ1v) is 8.88. The summed E-state index contributed by atoms with van der Waals surface area (Å²) in [5.41, 5.74) is 1.77. The van der Waals surface area contributed by atoms with Crippen LogP contribution in [0.5, 0.6) is 0 Å². The van der Waals surface area contributed by atoms with Gasteiger partial charge in [-0.15, -0.1) is 0 Å². The summed E-state index contributed by atoms with van der Waals surface area (Å²) in [6.45, 7) is 0. The molecule has 2 aromatic carbocycles. The average Bonchev–Trinajstić information content (AvgIpc) is 2.66. The number of alkyl halides is 3. The number of fused-ring (bicyclic) bond motifs is 2. The van der Waals surface area contributed by atoms with Crippen LogP contribution in [0.1, 0.15) is 45.6 Å². The van der Waals surface area contributed by atoms with Crippen LogP contribution in [-0.4, -0.2) is 16.1 Å². The molecule has 1 aliphatic carbocycles. The first-order valence-electron chi connectivity index (χ1n) is 8.88. The summed E-state index contributed by atoms with van der Waals surface area (Å²) in [5, 5.41) is 10.3. The van der Waals surface area contributed by atoms with Crippen molar-refractivity contribution in [3.8, 4) is 0 Å². The van der Waals surface area contributed by atoms with E-state index < -0.39 is 17.7 Å². The third-order valence-electron chi connectivity index (χ3n) is 4.98. The van der Waals surface area contributed by atoms with Gasteiger partial charge in [0, 0.05) is 5.39 Å². The molecule has 1 aromatic heterocycles. The Morgan fingerprint density at radius 1 is 1.04 bits per heavy atom. The lowest BCUT2D eigenvalue weighted by Crippen LogP contribution is -2.13. The minimum absolute atomic E-state index is 0.0599. The van der Waals surface area contributed by atoms with E-state index in [1.807, 2.05) is 0 Å². The van der Waals surface area contributed by atoms with Gasteiger partial charge < -0.3 is 5.11 Å². The second kappa shape index (κ2) is 6.78. The molecule has 0 unspecified atom stereocenters. The molecule has 142 valence electrons. The quantitative estimate of drug-likeness (QED) is 0.606. The largest absolute Gasteiger partial charge is 0.478 e. The molecule has 0 amide bonds. The van der Waals surface area contributed by atoms with Gasteiger partial charge in [0.15, 0.2) is 0 Å². The molecule has 0 radical (unpaired) electrons. The van der Waals surface area contributed by atoms with Crippen molar-refractivity contribution in [3.63, 3.8) is 0 Å². The fourth-order valence-corrected chi connectivity index (χ4v) is 3.79. The zero-order valence-corrected chi connectivity index (χ0v) is 14.8.